The highest BCUT2D eigenvalue weighted by atomic mass is 16.2. The number of nitrogens with one attached hydrogen (secondary N) is 1. The molecule has 1 saturated carbocycles. The zero-order chi connectivity index (χ0) is 13.5. The molecule has 19 heavy (non-hydrogen) atoms. The number of hydrogen-bond donors (Lipinski definition) is 3. The first kappa shape index (κ1) is 15.2. The van der Waals surface area contributed by atoms with Gasteiger partial charge in [-0.1, -0.05) is 6.42 Å². The van der Waals surface area contributed by atoms with Crippen LogP contribution >= 0.6 is 0 Å². The Morgan fingerprint density at radius 1 is 1.21 bits per heavy atom. The maximum Gasteiger partial charge on any atom is 0.0431 e. The summed E-state index contributed by atoms with van der Waals surface area (Å²) in [6.07, 6.45) is 7.62. The molecule has 0 amide bonds. The van der Waals surface area contributed by atoms with E-state index in [-0.39, 0.29) is 0 Å². The Morgan fingerprint density at radius 3 is 2.68 bits per heavy atom. The minimum atomic E-state index is 0.327. The third kappa shape index (κ3) is 5.03. The molecular weight excluding hydrogens is 238 g/mol. The Morgan fingerprint density at radius 2 is 2.05 bits per heavy atom. The summed E-state index contributed by atoms with van der Waals surface area (Å²) in [5.74, 6) is 1.66. The fourth-order valence-corrected chi connectivity index (χ4v) is 3.44. The van der Waals surface area contributed by atoms with Crippen LogP contribution in [0.3, 0.4) is 0 Å². The van der Waals surface area contributed by atoms with E-state index in [1.165, 1.54) is 38.8 Å². The average molecular weight is 269 g/mol. The van der Waals surface area contributed by atoms with Gasteiger partial charge in [-0.25, -0.2) is 0 Å². The smallest absolute Gasteiger partial charge is 0.0431 e. The van der Waals surface area contributed by atoms with Crippen LogP contribution in [0.4, 0.5) is 0 Å². The normalized spacial score (nSPS) is 29.4. The molecule has 2 fully saturated rings. The van der Waals surface area contributed by atoms with Crippen molar-refractivity contribution in [2.75, 3.05) is 39.3 Å². The minimum absolute atomic E-state index is 0.327. The highest BCUT2D eigenvalue weighted by molar-refractivity contribution is 4.85. The lowest BCUT2D eigenvalue weighted by Crippen LogP contribution is -2.51. The van der Waals surface area contributed by atoms with Crippen molar-refractivity contribution in [3.8, 4) is 0 Å². The maximum atomic E-state index is 9.00. The first-order valence-corrected chi connectivity index (χ1v) is 8.08. The van der Waals surface area contributed by atoms with Gasteiger partial charge in [0.25, 0.3) is 0 Å². The molecule has 0 aromatic carbocycles. The van der Waals surface area contributed by atoms with E-state index in [1.807, 2.05) is 0 Å². The second kappa shape index (κ2) is 8.20. The number of piperidine rings is 1. The van der Waals surface area contributed by atoms with E-state index >= 15 is 0 Å². The Kier molecular flexibility index (Phi) is 6.57. The highest BCUT2D eigenvalue weighted by Gasteiger charge is 2.27. The van der Waals surface area contributed by atoms with Crippen molar-refractivity contribution in [1.82, 2.24) is 10.2 Å². The van der Waals surface area contributed by atoms with E-state index in [0.29, 0.717) is 12.6 Å². The second-order valence-electron chi connectivity index (χ2n) is 6.42. The summed E-state index contributed by atoms with van der Waals surface area (Å²) in [6.45, 7) is 5.61. The lowest BCUT2D eigenvalue weighted by Gasteiger charge is -2.39. The molecule has 1 aliphatic carbocycles. The molecule has 1 heterocycles. The molecule has 0 radical (unpaired) electrons. The quantitative estimate of drug-likeness (QED) is 0.610. The van der Waals surface area contributed by atoms with E-state index in [9.17, 15) is 0 Å². The predicted molar refractivity (Wildman–Crippen MR) is 79.1 cm³/mol. The Labute approximate surface area is 117 Å². The number of nitrogens with two attached hydrogens (primary N) is 1. The van der Waals surface area contributed by atoms with E-state index in [4.69, 9.17) is 10.8 Å². The number of likely N-dealkylation sites (tertiary alicyclic amines) is 1. The molecule has 4 nitrogen and oxygen atoms in total. The molecule has 0 bridgehead atoms. The zero-order valence-electron chi connectivity index (χ0n) is 12.2. The molecule has 1 aliphatic heterocycles. The lowest BCUT2D eigenvalue weighted by molar-refractivity contribution is 0.127. The van der Waals surface area contributed by atoms with Crippen LogP contribution < -0.4 is 11.1 Å². The SMILES string of the molecule is NCCN1CC(CCCO)CC(NCC2CCC2)C1. The van der Waals surface area contributed by atoms with E-state index in [2.05, 4.69) is 10.2 Å². The Balaban J connectivity index is 1.75. The number of aliphatic hydroxyl groups is 1. The summed E-state index contributed by atoms with van der Waals surface area (Å²) < 4.78 is 0. The van der Waals surface area contributed by atoms with Crippen molar-refractivity contribution in [2.24, 2.45) is 17.6 Å². The molecule has 2 unspecified atom stereocenters. The van der Waals surface area contributed by atoms with Gasteiger partial charge in [-0.3, -0.25) is 0 Å². The third-order valence-corrected chi connectivity index (χ3v) is 4.75. The maximum absolute atomic E-state index is 9.00. The number of nitrogens with zero attached hydrogens (tertiary/aromatic N) is 1. The molecule has 112 valence electrons. The van der Waals surface area contributed by atoms with Gasteiger partial charge in [0.1, 0.15) is 0 Å². The molecule has 4 heteroatoms. The summed E-state index contributed by atoms with van der Waals surface area (Å²) in [5, 5.41) is 12.8. The van der Waals surface area contributed by atoms with E-state index in [0.717, 1.165) is 44.3 Å². The van der Waals surface area contributed by atoms with Gasteiger partial charge >= 0.3 is 0 Å². The highest BCUT2D eigenvalue weighted by Crippen LogP contribution is 2.26. The number of rotatable bonds is 8. The van der Waals surface area contributed by atoms with Crippen LogP contribution in [0.15, 0.2) is 0 Å². The van der Waals surface area contributed by atoms with Crippen molar-refractivity contribution < 1.29 is 5.11 Å². The van der Waals surface area contributed by atoms with Crippen LogP contribution in [0.25, 0.3) is 0 Å². The van der Waals surface area contributed by atoms with Crippen molar-refractivity contribution >= 4 is 0 Å². The van der Waals surface area contributed by atoms with E-state index < -0.39 is 0 Å². The van der Waals surface area contributed by atoms with Crippen molar-refractivity contribution in [3.63, 3.8) is 0 Å². The van der Waals surface area contributed by atoms with Gasteiger partial charge in [-0.05, 0) is 50.5 Å². The van der Waals surface area contributed by atoms with Gasteiger partial charge in [0.15, 0.2) is 0 Å². The monoisotopic (exact) mass is 269 g/mol. The molecule has 0 aromatic heterocycles. The van der Waals surface area contributed by atoms with Crippen molar-refractivity contribution in [2.45, 2.75) is 44.6 Å². The van der Waals surface area contributed by atoms with Crippen LogP contribution in [-0.2, 0) is 0 Å². The van der Waals surface area contributed by atoms with Crippen LogP contribution in [0.5, 0.6) is 0 Å². The number of hydrogen-bond acceptors (Lipinski definition) is 4. The lowest BCUT2D eigenvalue weighted by atomic mass is 9.84. The molecule has 1 saturated heterocycles. The molecular formula is C15H31N3O. The summed E-state index contributed by atoms with van der Waals surface area (Å²) in [6, 6.07) is 0.629. The van der Waals surface area contributed by atoms with Crippen molar-refractivity contribution in [1.29, 1.82) is 0 Å². The van der Waals surface area contributed by atoms with Gasteiger partial charge in [-0.2, -0.15) is 0 Å². The third-order valence-electron chi connectivity index (χ3n) is 4.75. The van der Waals surface area contributed by atoms with Gasteiger partial charge in [-0.15, -0.1) is 0 Å². The molecule has 0 aromatic rings. The molecule has 2 atom stereocenters. The molecule has 4 N–H and O–H groups in total. The molecule has 2 aliphatic rings. The Hall–Kier alpha value is -0.160. The predicted octanol–water partition coefficient (Wildman–Crippen LogP) is 0.798. The minimum Gasteiger partial charge on any atom is -0.396 e. The molecule has 0 spiro atoms. The summed E-state index contributed by atoms with van der Waals surface area (Å²) in [4.78, 5) is 2.50. The fourth-order valence-electron chi connectivity index (χ4n) is 3.44. The van der Waals surface area contributed by atoms with Crippen LogP contribution in [0, 0.1) is 11.8 Å². The van der Waals surface area contributed by atoms with Gasteiger partial charge in [0.2, 0.25) is 0 Å². The first-order chi connectivity index (χ1) is 9.31. The first-order valence-electron chi connectivity index (χ1n) is 8.08. The van der Waals surface area contributed by atoms with Crippen LogP contribution in [0.2, 0.25) is 0 Å². The second-order valence-corrected chi connectivity index (χ2v) is 6.42. The average Bonchev–Trinajstić information content (AvgIpc) is 2.35. The van der Waals surface area contributed by atoms with Gasteiger partial charge in [0.05, 0.1) is 0 Å². The van der Waals surface area contributed by atoms with Gasteiger partial charge in [0, 0.05) is 38.8 Å². The van der Waals surface area contributed by atoms with E-state index in [1.54, 1.807) is 0 Å². The molecule has 2 rings (SSSR count). The topological polar surface area (TPSA) is 61.5 Å². The van der Waals surface area contributed by atoms with Crippen LogP contribution in [0.1, 0.15) is 38.5 Å². The van der Waals surface area contributed by atoms with Gasteiger partial charge < -0.3 is 21.1 Å². The summed E-state index contributed by atoms with van der Waals surface area (Å²) in [5.41, 5.74) is 5.70. The largest absolute Gasteiger partial charge is 0.396 e. The van der Waals surface area contributed by atoms with Crippen LogP contribution in [-0.4, -0.2) is 55.4 Å². The summed E-state index contributed by atoms with van der Waals surface area (Å²) in [7, 11) is 0. The standard InChI is InChI=1S/C15H31N3O/c16-6-7-18-11-14(5-2-8-19)9-15(12-18)17-10-13-3-1-4-13/h13-15,17,19H,1-12,16H2. The fraction of sp³-hybridized carbons (Fsp3) is 1.00. The zero-order valence-corrected chi connectivity index (χ0v) is 12.2. The Bertz CT molecular complexity index is 246. The number of aliphatic hydroxyl groups excluding tert-OH is 1. The summed E-state index contributed by atoms with van der Waals surface area (Å²) >= 11 is 0. The van der Waals surface area contributed by atoms with Crippen molar-refractivity contribution in [3.05, 3.63) is 0 Å².